The molecule has 3 aromatic rings. The molecule has 1 unspecified atom stereocenters. The molecule has 0 bridgehead atoms. The van der Waals surface area contributed by atoms with Crippen LogP contribution in [-0.4, -0.2) is 108 Å². The number of carbonyl (C=O) groups is 4. The van der Waals surface area contributed by atoms with Gasteiger partial charge in [-0.3, -0.25) is 28.6 Å². The van der Waals surface area contributed by atoms with Gasteiger partial charge >= 0.3 is 5.97 Å². The average molecular weight is 834 g/mol. The Morgan fingerprint density at radius 1 is 1.11 bits per heavy atom. The second-order valence-corrected chi connectivity index (χ2v) is 18.2. The molecule has 18 nitrogen and oxygen atoms in total. The highest BCUT2D eigenvalue weighted by Gasteiger charge is 2.37. The Balaban J connectivity index is 1.58. The van der Waals surface area contributed by atoms with Gasteiger partial charge in [0.2, 0.25) is 22.3 Å². The number of carboxylic acid groups (broad SMARTS) is 1. The predicted molar refractivity (Wildman–Crippen MR) is 211 cm³/mol. The third-order valence-electron chi connectivity index (χ3n) is 9.07. The first kappa shape index (κ1) is 44.8. The number of aromatic amines is 1. The van der Waals surface area contributed by atoms with Crippen LogP contribution in [-0.2, 0) is 45.9 Å². The maximum atomic E-state index is 13.9. The van der Waals surface area contributed by atoms with Gasteiger partial charge in [-0.25, -0.2) is 18.5 Å². The number of hydroxylamine groups is 2. The fraction of sp³-hybridized carbons (Fsp3) is 0.486. The molecular formula is C37H51N7O11S2. The summed E-state index contributed by atoms with van der Waals surface area (Å²) < 4.78 is 62.4. The third-order valence-corrected chi connectivity index (χ3v) is 11.7. The maximum Gasteiger partial charge on any atom is 0.323 e. The van der Waals surface area contributed by atoms with Gasteiger partial charge in [0.05, 0.1) is 22.3 Å². The van der Waals surface area contributed by atoms with Crippen LogP contribution < -0.4 is 20.3 Å². The van der Waals surface area contributed by atoms with E-state index < -0.39 is 68.0 Å². The quantitative estimate of drug-likeness (QED) is 0.0414. The summed E-state index contributed by atoms with van der Waals surface area (Å²) in [6.45, 7) is 9.84. The molecule has 0 fully saturated rings. The van der Waals surface area contributed by atoms with Gasteiger partial charge < -0.3 is 25.6 Å². The zero-order valence-electron chi connectivity index (χ0n) is 32.7. The van der Waals surface area contributed by atoms with Gasteiger partial charge in [-0.1, -0.05) is 23.8 Å². The summed E-state index contributed by atoms with van der Waals surface area (Å²) in [6, 6.07) is 4.54. The molecule has 1 aliphatic rings. The van der Waals surface area contributed by atoms with Crippen LogP contribution >= 0.6 is 0 Å². The summed E-state index contributed by atoms with van der Waals surface area (Å²) in [7, 11) is -8.86. The molecule has 2 aromatic carbocycles. The topological polar surface area (TPSA) is 258 Å². The van der Waals surface area contributed by atoms with Gasteiger partial charge in [-0.15, -0.1) is 0 Å². The third kappa shape index (κ3) is 12.5. The summed E-state index contributed by atoms with van der Waals surface area (Å²) in [4.78, 5) is 66.0. The number of fused-ring (bicyclic) bond motifs is 1. The summed E-state index contributed by atoms with van der Waals surface area (Å²) in [5.74, 6) is -2.87. The first-order valence-electron chi connectivity index (χ1n) is 18.2. The number of aliphatic carboxylic acids is 1. The van der Waals surface area contributed by atoms with E-state index in [1.807, 2.05) is 0 Å². The number of Topliss-reactive ketones (excluding diaryl/α,β-unsaturated/α-hetero) is 1. The molecule has 0 aliphatic carbocycles. The number of amides is 2. The molecule has 6 N–H and O–H groups in total. The van der Waals surface area contributed by atoms with Crippen molar-refractivity contribution >= 4 is 55.8 Å². The van der Waals surface area contributed by atoms with Crippen LogP contribution in [0.1, 0.15) is 79.1 Å². The molecule has 3 atom stereocenters. The van der Waals surface area contributed by atoms with Crippen LogP contribution in [0.4, 0.5) is 11.6 Å². The lowest BCUT2D eigenvalue weighted by atomic mass is 9.92. The largest absolute Gasteiger partial charge is 0.480 e. The van der Waals surface area contributed by atoms with Crippen molar-refractivity contribution in [3.05, 3.63) is 70.5 Å². The smallest absolute Gasteiger partial charge is 0.323 e. The predicted octanol–water partition coefficient (Wildman–Crippen LogP) is 2.87. The van der Waals surface area contributed by atoms with E-state index in [4.69, 9.17) is 4.84 Å². The number of anilines is 2. The fourth-order valence-electron chi connectivity index (χ4n) is 6.81. The maximum absolute atomic E-state index is 13.9. The average Bonchev–Trinajstić information content (AvgIpc) is 3.62. The van der Waals surface area contributed by atoms with Gasteiger partial charge in [0.15, 0.2) is 11.7 Å². The van der Waals surface area contributed by atoms with E-state index in [0.29, 0.717) is 47.7 Å². The molecule has 1 aromatic heterocycles. The van der Waals surface area contributed by atoms with Crippen LogP contribution in [0.15, 0.2) is 47.6 Å². The number of unbranched alkanes of at least 4 members (excludes halogenated alkanes) is 1. The summed E-state index contributed by atoms with van der Waals surface area (Å²) in [6.07, 6.45) is 3.97. The van der Waals surface area contributed by atoms with E-state index in [0.717, 1.165) is 16.2 Å². The minimum atomic E-state index is -4.52. The van der Waals surface area contributed by atoms with Gasteiger partial charge in [0.25, 0.3) is 10.1 Å². The summed E-state index contributed by atoms with van der Waals surface area (Å²) in [5.41, 5.74) is 2.32. The summed E-state index contributed by atoms with van der Waals surface area (Å²) in [5, 5.41) is 16.5. The van der Waals surface area contributed by atoms with Crippen LogP contribution in [0.3, 0.4) is 0 Å². The number of H-pyrrole nitrogens is 1. The van der Waals surface area contributed by atoms with Crippen molar-refractivity contribution in [2.75, 3.05) is 29.1 Å². The van der Waals surface area contributed by atoms with E-state index in [1.165, 1.54) is 0 Å². The molecule has 20 heteroatoms. The van der Waals surface area contributed by atoms with E-state index >= 15 is 0 Å². The molecule has 1 aliphatic heterocycles. The number of carbonyl (C=O) groups excluding carboxylic acids is 3. The van der Waals surface area contributed by atoms with Crippen molar-refractivity contribution in [1.29, 1.82) is 0 Å². The lowest BCUT2D eigenvalue weighted by molar-refractivity contribution is -0.230. The van der Waals surface area contributed by atoms with E-state index in [-0.39, 0.29) is 36.5 Å². The van der Waals surface area contributed by atoms with E-state index in [1.54, 1.807) is 89.2 Å². The molecule has 0 spiro atoms. The lowest BCUT2D eigenvalue weighted by Crippen LogP contribution is -2.55. The molecule has 312 valence electrons. The molecule has 2 amide bonds. The summed E-state index contributed by atoms with van der Waals surface area (Å²) >= 11 is 0. The number of sulfonamides is 1. The Labute approximate surface area is 332 Å². The van der Waals surface area contributed by atoms with Crippen LogP contribution in [0.25, 0.3) is 0 Å². The number of aromatic nitrogens is 2. The second kappa shape index (κ2) is 18.6. The van der Waals surface area contributed by atoms with Crippen LogP contribution in [0, 0.1) is 20.8 Å². The van der Waals surface area contributed by atoms with Crippen molar-refractivity contribution in [2.24, 2.45) is 0 Å². The number of nitrogens with zero attached hydrogens (tertiary/aromatic N) is 3. The highest BCUT2D eigenvalue weighted by molar-refractivity contribution is 7.89. The number of hydrogen-bond acceptors (Lipinski definition) is 12. The number of imidazole rings is 1. The Kier molecular flexibility index (Phi) is 14.6. The number of rotatable bonds is 20. The van der Waals surface area contributed by atoms with E-state index in [2.05, 4.69) is 25.3 Å². The SMILES string of the molecule is Cc1cc(C)c(S(=O)(=O)N[C@@H](CNC(=O)C2CC(=O)c3ccc(CNc4ncc[nH]4)cc3N2CCCC[C@H](CS(=O)(=O)O)N(C=O)OC(C)(C)C)C(=O)O)c(C)c1. The molecule has 0 saturated heterocycles. The Morgan fingerprint density at radius 2 is 1.79 bits per heavy atom. The highest BCUT2D eigenvalue weighted by atomic mass is 32.2. The Hall–Kier alpha value is -4.89. The first-order valence-corrected chi connectivity index (χ1v) is 21.3. The first-order chi connectivity index (χ1) is 26.6. The van der Waals surface area contributed by atoms with Gasteiger partial charge in [-0.2, -0.15) is 13.1 Å². The lowest BCUT2D eigenvalue weighted by Gasteiger charge is -2.38. The fourth-order valence-corrected chi connectivity index (χ4v) is 9.25. The molecule has 2 heterocycles. The normalized spacial score (nSPS) is 15.7. The monoisotopic (exact) mass is 833 g/mol. The molecule has 0 saturated carbocycles. The number of carboxylic acids is 1. The highest BCUT2D eigenvalue weighted by Crippen LogP contribution is 2.33. The van der Waals surface area contributed by atoms with Crippen molar-refractivity contribution in [3.63, 3.8) is 0 Å². The van der Waals surface area contributed by atoms with Crippen LogP contribution in [0.2, 0.25) is 0 Å². The minimum Gasteiger partial charge on any atom is -0.480 e. The zero-order chi connectivity index (χ0) is 42.3. The molecule has 4 rings (SSSR count). The van der Waals surface area contributed by atoms with Crippen molar-refractivity contribution < 1.29 is 50.5 Å². The number of ketones is 1. The van der Waals surface area contributed by atoms with Crippen molar-refractivity contribution in [2.45, 2.75) is 102 Å². The Morgan fingerprint density at radius 3 is 2.37 bits per heavy atom. The van der Waals surface area contributed by atoms with Gasteiger partial charge in [-0.05, 0) is 89.6 Å². The van der Waals surface area contributed by atoms with Crippen LogP contribution in [0.5, 0.6) is 0 Å². The number of benzene rings is 2. The van der Waals surface area contributed by atoms with Crippen molar-refractivity contribution in [1.82, 2.24) is 25.1 Å². The van der Waals surface area contributed by atoms with E-state index in [9.17, 15) is 45.7 Å². The van der Waals surface area contributed by atoms with Crippen molar-refractivity contribution in [3.8, 4) is 0 Å². The standard InChI is InChI=1S/C37H51N7O11S2/c1-23-15-24(2)33(25(3)16-23)57(53,54)42-29(35(48)49)20-40-34(47)31-18-32(46)28-11-10-26(19-41-36-38-12-13-39-36)17-30(28)43(31)14-8-7-9-27(21-56(50,51)52)44(22-45)55-37(4,5)6/h10-13,15-17,22,27,29,31,42H,7-9,14,18-21H2,1-6H3,(H,40,47)(H,48,49)(H2,38,39,41)(H,50,51,52)/t27-,29+,31?/m1/s1. The minimum absolute atomic E-state index is 0.0660. The van der Waals surface area contributed by atoms with Gasteiger partial charge in [0.1, 0.15) is 12.1 Å². The zero-order valence-corrected chi connectivity index (χ0v) is 34.4. The molecule has 57 heavy (non-hydrogen) atoms. The molecule has 0 radical (unpaired) electrons. The Bertz CT molecular complexity index is 2130. The number of aryl methyl sites for hydroxylation is 3. The molecular weight excluding hydrogens is 783 g/mol. The number of nitrogens with one attached hydrogen (secondary N) is 4. The second-order valence-electron chi connectivity index (χ2n) is 15.0. The van der Waals surface area contributed by atoms with Gasteiger partial charge in [0, 0.05) is 49.7 Å². The number of hydrogen-bond donors (Lipinski definition) is 6.